The van der Waals surface area contributed by atoms with E-state index in [0.29, 0.717) is 24.6 Å². The number of aliphatic hydroxyl groups is 1. The van der Waals surface area contributed by atoms with Crippen molar-refractivity contribution in [3.63, 3.8) is 0 Å². The summed E-state index contributed by atoms with van der Waals surface area (Å²) < 4.78 is 11.1. The molecule has 2 aliphatic rings. The summed E-state index contributed by atoms with van der Waals surface area (Å²) in [4.78, 5) is 18.9. The Hall–Kier alpha value is -2.41. The zero-order valence-corrected chi connectivity index (χ0v) is 14.5. The smallest absolute Gasteiger partial charge is 0.264 e. The van der Waals surface area contributed by atoms with Crippen LogP contribution < -0.4 is 4.74 Å². The molecule has 7 heteroatoms. The third kappa shape index (κ3) is 2.78. The lowest BCUT2D eigenvalue weighted by Crippen LogP contribution is -2.41. The van der Waals surface area contributed by atoms with Crippen LogP contribution in [0.4, 0.5) is 0 Å². The van der Waals surface area contributed by atoms with Crippen molar-refractivity contribution in [1.29, 1.82) is 0 Å². The second-order valence-corrected chi connectivity index (χ2v) is 6.93. The van der Waals surface area contributed by atoms with Gasteiger partial charge < -0.3 is 19.3 Å². The minimum absolute atomic E-state index is 0.149. The van der Waals surface area contributed by atoms with Crippen molar-refractivity contribution >= 4 is 5.91 Å². The number of aryl methyl sites for hydroxylation is 3. The Kier molecular flexibility index (Phi) is 3.76. The molecule has 1 fully saturated rings. The molecule has 1 unspecified atom stereocenters. The van der Waals surface area contributed by atoms with Crippen molar-refractivity contribution in [2.75, 3.05) is 6.54 Å². The zero-order chi connectivity index (χ0) is 17.7. The van der Waals surface area contributed by atoms with E-state index in [1.165, 1.54) is 5.56 Å². The number of carbonyl (C=O) groups is 1. The summed E-state index contributed by atoms with van der Waals surface area (Å²) >= 11 is 0. The van der Waals surface area contributed by atoms with Crippen LogP contribution in [0, 0.1) is 20.8 Å². The second kappa shape index (κ2) is 5.84. The maximum atomic E-state index is 13.0. The maximum Gasteiger partial charge on any atom is 0.264 e. The summed E-state index contributed by atoms with van der Waals surface area (Å²) in [5, 5.41) is 13.8. The van der Waals surface area contributed by atoms with E-state index < -0.39 is 18.2 Å². The minimum atomic E-state index is -0.602. The first-order chi connectivity index (χ1) is 11.9. The molecule has 1 aromatic carbocycles. The van der Waals surface area contributed by atoms with Crippen molar-refractivity contribution in [2.45, 2.75) is 51.9 Å². The molecule has 1 aromatic heterocycles. The van der Waals surface area contributed by atoms with Crippen LogP contribution >= 0.6 is 0 Å². The van der Waals surface area contributed by atoms with Gasteiger partial charge in [-0.3, -0.25) is 4.79 Å². The van der Waals surface area contributed by atoms with Crippen LogP contribution in [0.2, 0.25) is 0 Å². The normalized spacial score (nSPS) is 25.1. The first-order valence-electron chi connectivity index (χ1n) is 8.48. The van der Waals surface area contributed by atoms with Crippen molar-refractivity contribution in [2.24, 2.45) is 0 Å². The van der Waals surface area contributed by atoms with E-state index in [-0.39, 0.29) is 12.5 Å². The molecule has 1 N–H and O–H groups in total. The number of ether oxygens (including phenoxy) is 1. The van der Waals surface area contributed by atoms with Crippen LogP contribution in [0.5, 0.6) is 5.75 Å². The van der Waals surface area contributed by atoms with E-state index in [0.717, 1.165) is 16.9 Å². The Bertz CT molecular complexity index is 801. The average molecular weight is 343 g/mol. The lowest BCUT2D eigenvalue weighted by Gasteiger charge is -2.24. The van der Waals surface area contributed by atoms with Crippen molar-refractivity contribution in [1.82, 2.24) is 15.0 Å². The molecular weight excluding hydrogens is 322 g/mol. The quantitative estimate of drug-likeness (QED) is 0.892. The van der Waals surface area contributed by atoms with Gasteiger partial charge in [-0.25, -0.2) is 0 Å². The maximum absolute atomic E-state index is 13.0. The highest BCUT2D eigenvalue weighted by Gasteiger charge is 2.43. The number of benzene rings is 1. The fourth-order valence-corrected chi connectivity index (χ4v) is 3.58. The van der Waals surface area contributed by atoms with Crippen LogP contribution in [0.25, 0.3) is 0 Å². The minimum Gasteiger partial charge on any atom is -0.480 e. The summed E-state index contributed by atoms with van der Waals surface area (Å²) in [7, 11) is 0. The van der Waals surface area contributed by atoms with Gasteiger partial charge in [-0.2, -0.15) is 4.98 Å². The van der Waals surface area contributed by atoms with Crippen molar-refractivity contribution < 1.29 is 19.2 Å². The molecule has 0 aliphatic carbocycles. The molecule has 0 spiro atoms. The fraction of sp³-hybridized carbons (Fsp3) is 0.500. The van der Waals surface area contributed by atoms with Gasteiger partial charge in [0.1, 0.15) is 11.8 Å². The number of rotatable bonds is 2. The molecule has 0 radical (unpaired) electrons. The first kappa shape index (κ1) is 16.1. The monoisotopic (exact) mass is 343 g/mol. The number of nitrogens with zero attached hydrogens (tertiary/aromatic N) is 3. The van der Waals surface area contributed by atoms with E-state index in [1.807, 2.05) is 13.0 Å². The van der Waals surface area contributed by atoms with Crippen LogP contribution in [-0.2, 0) is 11.2 Å². The van der Waals surface area contributed by atoms with Gasteiger partial charge in [0, 0.05) is 19.4 Å². The number of fused-ring (bicyclic) bond motifs is 1. The molecule has 2 aromatic rings. The van der Waals surface area contributed by atoms with E-state index in [1.54, 1.807) is 11.8 Å². The molecule has 3 atom stereocenters. The topological polar surface area (TPSA) is 88.7 Å². The summed E-state index contributed by atoms with van der Waals surface area (Å²) in [5.41, 5.74) is 3.38. The predicted octanol–water partition coefficient (Wildman–Crippen LogP) is 1.63. The number of hydrogen-bond donors (Lipinski definition) is 1. The predicted molar refractivity (Wildman–Crippen MR) is 88.1 cm³/mol. The zero-order valence-electron chi connectivity index (χ0n) is 14.5. The Labute approximate surface area is 145 Å². The Morgan fingerprint density at radius 1 is 1.28 bits per heavy atom. The number of amides is 1. The van der Waals surface area contributed by atoms with Crippen molar-refractivity contribution in [3.05, 3.63) is 40.5 Å². The van der Waals surface area contributed by atoms with Crippen LogP contribution in [0.1, 0.15) is 40.9 Å². The van der Waals surface area contributed by atoms with E-state index in [9.17, 15) is 9.90 Å². The number of hydrogen-bond acceptors (Lipinski definition) is 6. The van der Waals surface area contributed by atoms with Crippen LogP contribution in [0.15, 0.2) is 16.7 Å². The second-order valence-electron chi connectivity index (χ2n) is 6.93. The largest absolute Gasteiger partial charge is 0.480 e. The summed E-state index contributed by atoms with van der Waals surface area (Å²) in [5.74, 6) is 1.50. The number of likely N-dealkylation sites (tertiary alicyclic amines) is 1. The van der Waals surface area contributed by atoms with Crippen molar-refractivity contribution in [3.8, 4) is 5.75 Å². The third-order valence-electron chi connectivity index (χ3n) is 5.02. The van der Waals surface area contributed by atoms with Gasteiger partial charge in [0.25, 0.3) is 5.91 Å². The molecular formula is C18H21N3O4. The molecule has 3 heterocycles. The van der Waals surface area contributed by atoms with Gasteiger partial charge in [-0.1, -0.05) is 11.2 Å². The molecule has 1 saturated heterocycles. The number of β-amino-alcohol motifs (C(OH)–C–C–N with tert-alkyl or cyclic N) is 1. The summed E-state index contributed by atoms with van der Waals surface area (Å²) in [6.45, 7) is 6.06. The third-order valence-corrected chi connectivity index (χ3v) is 5.02. The van der Waals surface area contributed by atoms with Crippen LogP contribution in [0.3, 0.4) is 0 Å². The van der Waals surface area contributed by atoms with Gasteiger partial charge in [-0.05, 0) is 43.5 Å². The summed E-state index contributed by atoms with van der Waals surface area (Å²) in [6.07, 6.45) is -0.245. The highest BCUT2D eigenvalue weighted by molar-refractivity contribution is 5.83. The van der Waals surface area contributed by atoms with Gasteiger partial charge in [-0.15, -0.1) is 0 Å². The summed E-state index contributed by atoms with van der Waals surface area (Å²) in [6, 6.07) is 3.66. The number of aromatic nitrogens is 2. The molecule has 1 amide bonds. The van der Waals surface area contributed by atoms with Gasteiger partial charge in [0.2, 0.25) is 5.89 Å². The Morgan fingerprint density at radius 2 is 2.04 bits per heavy atom. The lowest BCUT2D eigenvalue weighted by molar-refractivity contribution is -0.139. The molecule has 2 aliphatic heterocycles. The van der Waals surface area contributed by atoms with E-state index >= 15 is 0 Å². The Morgan fingerprint density at radius 3 is 2.76 bits per heavy atom. The lowest BCUT2D eigenvalue weighted by atomic mass is 10.0. The van der Waals surface area contributed by atoms with Gasteiger partial charge in [0.05, 0.1) is 6.10 Å². The molecule has 7 nitrogen and oxygen atoms in total. The Balaban J connectivity index is 1.56. The standard InChI is InChI=1S/C18H21N3O4/c1-9-4-12-6-16(24-15(12)5-10(9)2)18(23)21-8-13(22)7-14(21)17-19-11(3)20-25-17/h4-5,13-14,16,22H,6-8H2,1-3H3/t13-,14+,16?/m0/s1. The average Bonchev–Trinajstić information content (AvgIpc) is 3.25. The highest BCUT2D eigenvalue weighted by atomic mass is 16.5. The first-order valence-corrected chi connectivity index (χ1v) is 8.48. The number of carbonyl (C=O) groups excluding carboxylic acids is 1. The highest BCUT2D eigenvalue weighted by Crippen LogP contribution is 2.36. The van der Waals surface area contributed by atoms with E-state index in [2.05, 4.69) is 23.1 Å². The fourth-order valence-electron chi connectivity index (χ4n) is 3.58. The van der Waals surface area contributed by atoms with Crippen LogP contribution in [-0.4, -0.2) is 44.8 Å². The number of aliphatic hydroxyl groups excluding tert-OH is 1. The van der Waals surface area contributed by atoms with Gasteiger partial charge in [0.15, 0.2) is 11.9 Å². The molecule has 4 rings (SSSR count). The van der Waals surface area contributed by atoms with E-state index in [4.69, 9.17) is 9.26 Å². The SMILES string of the molecule is Cc1noc([C@H]2C[C@H](O)CN2C(=O)C2Cc3cc(C)c(C)cc3O2)n1. The molecule has 0 saturated carbocycles. The van der Waals surface area contributed by atoms with Gasteiger partial charge >= 0.3 is 0 Å². The molecule has 25 heavy (non-hydrogen) atoms. The molecule has 0 bridgehead atoms. The molecule has 132 valence electrons.